The minimum atomic E-state index is -0.430. The van der Waals surface area contributed by atoms with Crippen molar-refractivity contribution in [2.45, 2.75) is 31.8 Å². The molecule has 148 valence electrons. The molecule has 3 aliphatic heterocycles. The summed E-state index contributed by atoms with van der Waals surface area (Å²) in [5.41, 5.74) is 2.18. The van der Waals surface area contributed by atoms with Crippen LogP contribution in [0.25, 0.3) is 0 Å². The van der Waals surface area contributed by atoms with Gasteiger partial charge >= 0.3 is 5.97 Å². The van der Waals surface area contributed by atoms with E-state index in [-0.39, 0.29) is 17.9 Å². The highest BCUT2D eigenvalue weighted by atomic mass is 19.1. The third-order valence-corrected chi connectivity index (χ3v) is 6.03. The highest BCUT2D eigenvalue weighted by Gasteiger charge is 2.37. The summed E-state index contributed by atoms with van der Waals surface area (Å²) < 4.78 is 19.8. The van der Waals surface area contributed by atoms with Crippen molar-refractivity contribution in [2.75, 3.05) is 31.5 Å². The SMILES string of the molecule is Cc1ccc(NCC(C(=O)O[C@H]2CN3CCC2CC3)c2ccccc2)cc1F. The second-order valence-electron chi connectivity index (χ2n) is 7.92. The molecule has 28 heavy (non-hydrogen) atoms. The first kappa shape index (κ1) is 18.9. The maximum Gasteiger partial charge on any atom is 0.315 e. The van der Waals surface area contributed by atoms with Crippen LogP contribution in [-0.2, 0) is 9.53 Å². The molecule has 0 saturated carbocycles. The Labute approximate surface area is 165 Å². The molecule has 0 spiro atoms. The second kappa shape index (κ2) is 8.31. The summed E-state index contributed by atoms with van der Waals surface area (Å²) in [6.45, 7) is 5.17. The zero-order chi connectivity index (χ0) is 19.5. The number of carbonyl (C=O) groups excluding carboxylic acids is 1. The number of halogens is 1. The van der Waals surface area contributed by atoms with Gasteiger partial charge in [-0.25, -0.2) is 4.39 Å². The Bertz CT molecular complexity index is 819. The Hall–Kier alpha value is -2.40. The number of hydrogen-bond donors (Lipinski definition) is 1. The Morgan fingerprint density at radius 2 is 1.96 bits per heavy atom. The van der Waals surface area contributed by atoms with Gasteiger partial charge < -0.3 is 10.1 Å². The number of carbonyl (C=O) groups is 1. The fourth-order valence-corrected chi connectivity index (χ4v) is 4.22. The third-order valence-electron chi connectivity index (χ3n) is 6.03. The number of anilines is 1. The van der Waals surface area contributed by atoms with E-state index in [9.17, 15) is 9.18 Å². The van der Waals surface area contributed by atoms with Crippen molar-refractivity contribution in [3.05, 3.63) is 65.5 Å². The molecule has 0 aromatic heterocycles. The van der Waals surface area contributed by atoms with Crippen LogP contribution in [0.1, 0.15) is 29.9 Å². The van der Waals surface area contributed by atoms with E-state index in [1.807, 2.05) is 36.4 Å². The van der Waals surface area contributed by atoms with Crippen LogP contribution in [0.5, 0.6) is 0 Å². The van der Waals surface area contributed by atoms with Gasteiger partial charge in [0.05, 0.1) is 5.92 Å². The zero-order valence-corrected chi connectivity index (χ0v) is 16.2. The van der Waals surface area contributed by atoms with E-state index < -0.39 is 5.92 Å². The fourth-order valence-electron chi connectivity index (χ4n) is 4.22. The number of nitrogens with one attached hydrogen (secondary N) is 1. The van der Waals surface area contributed by atoms with Gasteiger partial charge in [-0.1, -0.05) is 36.4 Å². The first-order valence-electron chi connectivity index (χ1n) is 10.1. The summed E-state index contributed by atoms with van der Waals surface area (Å²) >= 11 is 0. The Morgan fingerprint density at radius 1 is 1.21 bits per heavy atom. The molecule has 3 aliphatic rings. The lowest BCUT2D eigenvalue weighted by atomic mass is 9.85. The van der Waals surface area contributed by atoms with Crippen LogP contribution in [0, 0.1) is 18.7 Å². The topological polar surface area (TPSA) is 41.6 Å². The standard InChI is InChI=1S/C23H27FN2O2/c1-16-7-8-19(13-21(16)24)25-14-20(17-5-3-2-4-6-17)23(27)28-22-15-26-11-9-18(22)10-12-26/h2-8,13,18,20,22,25H,9-12,14-15H2,1H3/t20?,22-/m0/s1. The van der Waals surface area contributed by atoms with Gasteiger partial charge in [0.2, 0.25) is 0 Å². The zero-order valence-electron chi connectivity index (χ0n) is 16.2. The quantitative estimate of drug-likeness (QED) is 0.768. The Balaban J connectivity index is 1.47. The third kappa shape index (κ3) is 4.20. The van der Waals surface area contributed by atoms with Crippen molar-refractivity contribution < 1.29 is 13.9 Å². The average Bonchev–Trinajstić information content (AvgIpc) is 2.72. The molecule has 1 unspecified atom stereocenters. The van der Waals surface area contributed by atoms with Crippen LogP contribution >= 0.6 is 0 Å². The van der Waals surface area contributed by atoms with Crippen LogP contribution in [0.15, 0.2) is 48.5 Å². The number of fused-ring (bicyclic) bond motifs is 3. The van der Waals surface area contributed by atoms with Crippen molar-refractivity contribution in [1.29, 1.82) is 0 Å². The van der Waals surface area contributed by atoms with Gasteiger partial charge in [-0.15, -0.1) is 0 Å². The number of benzene rings is 2. The average molecular weight is 382 g/mol. The summed E-state index contributed by atoms with van der Waals surface area (Å²) in [4.78, 5) is 15.5. The first-order chi connectivity index (χ1) is 13.6. The lowest BCUT2D eigenvalue weighted by molar-refractivity contribution is -0.160. The van der Waals surface area contributed by atoms with E-state index in [2.05, 4.69) is 10.2 Å². The van der Waals surface area contributed by atoms with Crippen LogP contribution in [0.2, 0.25) is 0 Å². The van der Waals surface area contributed by atoms with Gasteiger partial charge in [-0.3, -0.25) is 9.69 Å². The molecule has 0 amide bonds. The maximum atomic E-state index is 13.8. The van der Waals surface area contributed by atoms with Crippen LogP contribution < -0.4 is 5.32 Å². The van der Waals surface area contributed by atoms with Gasteiger partial charge in [0.1, 0.15) is 11.9 Å². The summed E-state index contributed by atoms with van der Waals surface area (Å²) in [6.07, 6.45) is 2.20. The smallest absolute Gasteiger partial charge is 0.315 e. The van der Waals surface area contributed by atoms with E-state index in [0.29, 0.717) is 23.7 Å². The van der Waals surface area contributed by atoms with E-state index in [1.165, 1.54) is 6.07 Å². The summed E-state index contributed by atoms with van der Waals surface area (Å²) in [7, 11) is 0. The monoisotopic (exact) mass is 382 g/mol. The number of nitrogens with zero attached hydrogens (tertiary/aromatic N) is 1. The number of aryl methyl sites for hydroxylation is 1. The minimum Gasteiger partial charge on any atom is -0.460 e. The molecular weight excluding hydrogens is 355 g/mol. The maximum absolute atomic E-state index is 13.8. The molecular formula is C23H27FN2O2. The van der Waals surface area contributed by atoms with Gasteiger partial charge in [-0.05, 0) is 62.0 Å². The number of hydrogen-bond acceptors (Lipinski definition) is 4. The lowest BCUT2D eigenvalue weighted by Crippen LogP contribution is -2.52. The molecule has 2 bridgehead atoms. The van der Waals surface area contributed by atoms with Gasteiger partial charge in [0, 0.05) is 18.8 Å². The summed E-state index contributed by atoms with van der Waals surface area (Å²) in [5.74, 6) is -0.410. The second-order valence-corrected chi connectivity index (χ2v) is 7.92. The number of piperidine rings is 3. The molecule has 5 rings (SSSR count). The number of esters is 1. The molecule has 0 radical (unpaired) electrons. The van der Waals surface area contributed by atoms with Crippen molar-refractivity contribution in [3.63, 3.8) is 0 Å². The minimum absolute atomic E-state index is 0.0157. The predicted octanol–water partition coefficient (Wildman–Crippen LogP) is 3.97. The van der Waals surface area contributed by atoms with Crippen molar-refractivity contribution in [1.82, 2.24) is 4.90 Å². The highest BCUT2D eigenvalue weighted by Crippen LogP contribution is 2.31. The molecule has 5 heteroatoms. The Morgan fingerprint density at radius 3 is 2.61 bits per heavy atom. The summed E-state index contributed by atoms with van der Waals surface area (Å²) in [6, 6.07) is 14.7. The molecule has 0 aliphatic carbocycles. The predicted molar refractivity (Wildman–Crippen MR) is 108 cm³/mol. The van der Waals surface area contributed by atoms with E-state index in [1.54, 1.807) is 13.0 Å². The van der Waals surface area contributed by atoms with E-state index >= 15 is 0 Å². The van der Waals surface area contributed by atoms with Crippen molar-refractivity contribution in [3.8, 4) is 0 Å². The molecule has 3 saturated heterocycles. The number of rotatable bonds is 6. The molecule has 3 fully saturated rings. The molecule has 2 aromatic rings. The lowest BCUT2D eigenvalue weighted by Gasteiger charge is -2.44. The first-order valence-corrected chi connectivity index (χ1v) is 10.1. The molecule has 2 aromatic carbocycles. The molecule has 2 atom stereocenters. The van der Waals surface area contributed by atoms with E-state index in [4.69, 9.17) is 4.74 Å². The van der Waals surface area contributed by atoms with E-state index in [0.717, 1.165) is 38.0 Å². The van der Waals surface area contributed by atoms with Gasteiger partial charge in [0.15, 0.2) is 0 Å². The van der Waals surface area contributed by atoms with Gasteiger partial charge in [-0.2, -0.15) is 0 Å². The largest absolute Gasteiger partial charge is 0.460 e. The van der Waals surface area contributed by atoms with Crippen molar-refractivity contribution >= 4 is 11.7 Å². The fraction of sp³-hybridized carbons (Fsp3) is 0.435. The van der Waals surface area contributed by atoms with Gasteiger partial charge in [0.25, 0.3) is 0 Å². The van der Waals surface area contributed by atoms with Crippen molar-refractivity contribution in [2.24, 2.45) is 5.92 Å². The van der Waals surface area contributed by atoms with Crippen LogP contribution in [0.3, 0.4) is 0 Å². The molecule has 3 heterocycles. The molecule has 4 nitrogen and oxygen atoms in total. The Kier molecular flexibility index (Phi) is 5.62. The van der Waals surface area contributed by atoms with Crippen LogP contribution in [0.4, 0.5) is 10.1 Å². The summed E-state index contributed by atoms with van der Waals surface area (Å²) in [5, 5.41) is 3.21. The highest BCUT2D eigenvalue weighted by molar-refractivity contribution is 5.79. The van der Waals surface area contributed by atoms with Crippen LogP contribution in [-0.4, -0.2) is 43.2 Å². The number of ether oxygens (including phenoxy) is 1. The normalized spacial score (nSPS) is 24.6. The molecule has 1 N–H and O–H groups in total.